The summed E-state index contributed by atoms with van der Waals surface area (Å²) in [5, 5.41) is 12.9. The van der Waals surface area contributed by atoms with Crippen molar-refractivity contribution < 1.29 is 9.53 Å². The highest BCUT2D eigenvalue weighted by Gasteiger charge is 2.42. The number of rotatable bonds is 6. The van der Waals surface area contributed by atoms with Gasteiger partial charge >= 0.3 is 0 Å². The van der Waals surface area contributed by atoms with Crippen molar-refractivity contribution in [3.05, 3.63) is 64.2 Å². The Labute approximate surface area is 195 Å². The normalized spacial score (nSPS) is 22.9. The number of carbonyl (C=O) groups excluding carboxylic acids is 1. The first-order valence-corrected chi connectivity index (χ1v) is 11.6. The molecular weight excluding hydrogens is 422 g/mol. The van der Waals surface area contributed by atoms with Gasteiger partial charge in [0.1, 0.15) is 5.75 Å². The standard InChI is InChI=1S/C26H30ClN3O2/c1-17-7-10-24(23(27)11-17)32-26(2,3)25(31)29-20-13-21-8-9-22(14-20)30(21)16-19-6-4-5-18(12-19)15-28/h4-7,10-12,20-22H,8-9,13-14,16H2,1-3H3,(H,29,31). The van der Waals surface area contributed by atoms with Crippen LogP contribution in [0.15, 0.2) is 42.5 Å². The van der Waals surface area contributed by atoms with Gasteiger partial charge in [0.2, 0.25) is 0 Å². The van der Waals surface area contributed by atoms with Crippen molar-refractivity contribution in [3.8, 4) is 11.8 Å². The number of halogens is 1. The van der Waals surface area contributed by atoms with Gasteiger partial charge in [0.05, 0.1) is 16.7 Å². The molecule has 2 bridgehead atoms. The Bertz CT molecular complexity index is 1030. The van der Waals surface area contributed by atoms with Gasteiger partial charge in [0.15, 0.2) is 5.60 Å². The Kier molecular flexibility index (Phi) is 6.46. The minimum atomic E-state index is -1.02. The second kappa shape index (κ2) is 9.13. The monoisotopic (exact) mass is 451 g/mol. The lowest BCUT2D eigenvalue weighted by Crippen LogP contribution is -2.55. The molecule has 1 amide bonds. The van der Waals surface area contributed by atoms with Crippen LogP contribution >= 0.6 is 11.6 Å². The van der Waals surface area contributed by atoms with E-state index in [0.29, 0.717) is 28.4 Å². The number of nitriles is 1. The van der Waals surface area contributed by atoms with Crippen molar-refractivity contribution in [1.29, 1.82) is 5.26 Å². The molecule has 2 aromatic rings. The molecule has 2 fully saturated rings. The van der Waals surface area contributed by atoms with Crippen LogP contribution in [0, 0.1) is 18.3 Å². The van der Waals surface area contributed by atoms with Crippen LogP contribution in [0.4, 0.5) is 0 Å². The summed E-state index contributed by atoms with van der Waals surface area (Å²) in [6.45, 7) is 6.38. The lowest BCUT2D eigenvalue weighted by atomic mass is 9.95. The number of hydrogen-bond donors (Lipinski definition) is 1. The van der Waals surface area contributed by atoms with Crippen molar-refractivity contribution in [2.75, 3.05) is 0 Å². The maximum atomic E-state index is 13.1. The zero-order valence-corrected chi connectivity index (χ0v) is 19.7. The van der Waals surface area contributed by atoms with Crippen LogP contribution in [-0.2, 0) is 11.3 Å². The fourth-order valence-corrected chi connectivity index (χ4v) is 5.24. The highest BCUT2D eigenvalue weighted by molar-refractivity contribution is 6.32. The predicted octanol–water partition coefficient (Wildman–Crippen LogP) is 4.99. The second-order valence-corrected chi connectivity index (χ2v) is 9.96. The summed E-state index contributed by atoms with van der Waals surface area (Å²) in [7, 11) is 0. The minimum absolute atomic E-state index is 0.117. The van der Waals surface area contributed by atoms with Gasteiger partial charge in [-0.05, 0) is 81.8 Å². The van der Waals surface area contributed by atoms with Gasteiger partial charge < -0.3 is 10.1 Å². The smallest absolute Gasteiger partial charge is 0.263 e. The third-order valence-corrected chi connectivity index (χ3v) is 6.94. The molecular formula is C26H30ClN3O2. The first-order valence-electron chi connectivity index (χ1n) is 11.3. The van der Waals surface area contributed by atoms with Crippen molar-refractivity contribution in [1.82, 2.24) is 10.2 Å². The molecule has 0 saturated carbocycles. The van der Waals surface area contributed by atoms with Gasteiger partial charge in [0, 0.05) is 24.7 Å². The Hall–Kier alpha value is -2.55. The quantitative estimate of drug-likeness (QED) is 0.671. The Balaban J connectivity index is 1.37. The summed E-state index contributed by atoms with van der Waals surface area (Å²) in [6.07, 6.45) is 4.16. The van der Waals surface area contributed by atoms with Crippen LogP contribution in [0.3, 0.4) is 0 Å². The maximum Gasteiger partial charge on any atom is 0.263 e. The molecule has 5 nitrogen and oxygen atoms in total. The number of nitrogens with zero attached hydrogens (tertiary/aromatic N) is 2. The number of ether oxygens (including phenoxy) is 1. The molecule has 0 spiro atoms. The van der Waals surface area contributed by atoms with Gasteiger partial charge in [0.25, 0.3) is 5.91 Å². The van der Waals surface area contributed by atoms with Crippen LogP contribution in [-0.4, -0.2) is 34.5 Å². The molecule has 168 valence electrons. The summed E-state index contributed by atoms with van der Waals surface area (Å²) in [5.41, 5.74) is 1.90. The highest BCUT2D eigenvalue weighted by atomic mass is 35.5. The van der Waals surface area contributed by atoms with E-state index >= 15 is 0 Å². The molecule has 4 rings (SSSR count). The largest absolute Gasteiger partial charge is 0.476 e. The third kappa shape index (κ3) is 4.92. The number of fused-ring (bicyclic) bond motifs is 2. The Morgan fingerprint density at radius 2 is 1.94 bits per heavy atom. The topological polar surface area (TPSA) is 65.4 Å². The number of piperidine rings is 1. The summed E-state index contributed by atoms with van der Waals surface area (Å²) >= 11 is 6.30. The first-order chi connectivity index (χ1) is 15.2. The van der Waals surface area contributed by atoms with E-state index in [-0.39, 0.29) is 11.9 Å². The molecule has 2 saturated heterocycles. The molecule has 2 aromatic carbocycles. The average molecular weight is 452 g/mol. The van der Waals surface area contributed by atoms with E-state index in [1.54, 1.807) is 13.8 Å². The molecule has 2 unspecified atom stereocenters. The van der Waals surface area contributed by atoms with E-state index < -0.39 is 5.60 Å². The van der Waals surface area contributed by atoms with E-state index in [2.05, 4.69) is 22.4 Å². The fraction of sp³-hybridized carbons (Fsp3) is 0.462. The van der Waals surface area contributed by atoms with Crippen LogP contribution in [0.2, 0.25) is 5.02 Å². The lowest BCUT2D eigenvalue weighted by Gasteiger charge is -2.40. The number of hydrogen-bond acceptors (Lipinski definition) is 4. The molecule has 6 heteroatoms. The van der Waals surface area contributed by atoms with Crippen molar-refractivity contribution >= 4 is 17.5 Å². The zero-order valence-electron chi connectivity index (χ0n) is 18.9. The molecule has 2 atom stereocenters. The lowest BCUT2D eigenvalue weighted by molar-refractivity contribution is -0.135. The Morgan fingerprint density at radius 1 is 1.22 bits per heavy atom. The molecule has 0 aliphatic carbocycles. The average Bonchev–Trinajstić information content (AvgIpc) is 2.98. The number of carbonyl (C=O) groups is 1. The predicted molar refractivity (Wildman–Crippen MR) is 126 cm³/mol. The van der Waals surface area contributed by atoms with Gasteiger partial charge in [-0.3, -0.25) is 9.69 Å². The SMILES string of the molecule is Cc1ccc(OC(C)(C)C(=O)NC2CC3CCC(C2)N3Cc2cccc(C#N)c2)c(Cl)c1. The fourth-order valence-electron chi connectivity index (χ4n) is 4.97. The number of aryl methyl sites for hydroxylation is 1. The number of benzene rings is 2. The summed E-state index contributed by atoms with van der Waals surface area (Å²) < 4.78 is 6.00. The van der Waals surface area contributed by atoms with Crippen LogP contribution in [0.25, 0.3) is 0 Å². The van der Waals surface area contributed by atoms with Gasteiger partial charge in [-0.1, -0.05) is 29.8 Å². The molecule has 2 aliphatic rings. The molecule has 32 heavy (non-hydrogen) atoms. The highest BCUT2D eigenvalue weighted by Crippen LogP contribution is 2.37. The van der Waals surface area contributed by atoms with Gasteiger partial charge in [-0.15, -0.1) is 0 Å². The van der Waals surface area contributed by atoms with E-state index in [1.165, 1.54) is 5.56 Å². The summed E-state index contributed by atoms with van der Waals surface area (Å²) in [5.74, 6) is 0.403. The van der Waals surface area contributed by atoms with Crippen molar-refractivity contribution in [3.63, 3.8) is 0 Å². The molecule has 0 radical (unpaired) electrons. The Morgan fingerprint density at radius 3 is 2.59 bits per heavy atom. The van der Waals surface area contributed by atoms with Crippen LogP contribution < -0.4 is 10.1 Å². The van der Waals surface area contributed by atoms with Crippen molar-refractivity contribution in [2.45, 2.75) is 76.7 Å². The molecule has 2 aliphatic heterocycles. The van der Waals surface area contributed by atoms with Gasteiger partial charge in [-0.25, -0.2) is 0 Å². The second-order valence-electron chi connectivity index (χ2n) is 9.56. The minimum Gasteiger partial charge on any atom is -0.476 e. The van der Waals surface area contributed by atoms with E-state index in [4.69, 9.17) is 21.6 Å². The van der Waals surface area contributed by atoms with E-state index in [0.717, 1.165) is 37.8 Å². The van der Waals surface area contributed by atoms with Crippen molar-refractivity contribution in [2.24, 2.45) is 0 Å². The maximum absolute atomic E-state index is 13.1. The van der Waals surface area contributed by atoms with E-state index in [1.807, 2.05) is 43.3 Å². The summed E-state index contributed by atoms with van der Waals surface area (Å²) in [6, 6.07) is 16.7. The zero-order chi connectivity index (χ0) is 22.9. The molecule has 1 N–H and O–H groups in total. The first kappa shape index (κ1) is 22.6. The van der Waals surface area contributed by atoms with E-state index in [9.17, 15) is 4.79 Å². The molecule has 2 heterocycles. The number of nitrogens with one attached hydrogen (secondary N) is 1. The number of amides is 1. The van der Waals surface area contributed by atoms with Gasteiger partial charge in [-0.2, -0.15) is 5.26 Å². The van der Waals surface area contributed by atoms with Crippen LogP contribution in [0.5, 0.6) is 5.75 Å². The third-order valence-electron chi connectivity index (χ3n) is 6.64. The molecule has 0 aromatic heterocycles. The van der Waals surface area contributed by atoms with Crippen LogP contribution in [0.1, 0.15) is 56.2 Å². The summed E-state index contributed by atoms with van der Waals surface area (Å²) in [4.78, 5) is 15.6.